The lowest BCUT2D eigenvalue weighted by Gasteiger charge is -2.07. The number of hydrogen-bond donors (Lipinski definition) is 2. The normalized spacial score (nSPS) is 11.2. The van der Waals surface area contributed by atoms with Gasteiger partial charge in [0, 0.05) is 0 Å². The van der Waals surface area contributed by atoms with Crippen LogP contribution in [0.15, 0.2) is 34.7 Å². The highest BCUT2D eigenvalue weighted by molar-refractivity contribution is 7.93. The van der Waals surface area contributed by atoms with Crippen LogP contribution in [0.3, 0.4) is 0 Å². The Hall–Kier alpha value is -1.64. The smallest absolute Gasteiger partial charge is 0.357 e. The van der Waals surface area contributed by atoms with Gasteiger partial charge in [-0.2, -0.15) is 0 Å². The number of nitrogens with zero attached hydrogens (tertiary/aromatic N) is 1. The van der Waals surface area contributed by atoms with Crippen LogP contribution in [0.2, 0.25) is 5.02 Å². The summed E-state index contributed by atoms with van der Waals surface area (Å²) in [6, 6.07) is 5.87. The highest BCUT2D eigenvalue weighted by Gasteiger charge is 2.22. The van der Waals surface area contributed by atoms with E-state index in [1.54, 1.807) is 6.07 Å². The van der Waals surface area contributed by atoms with E-state index in [0.717, 1.165) is 11.3 Å². The van der Waals surface area contributed by atoms with Crippen LogP contribution >= 0.6 is 22.9 Å². The fourth-order valence-corrected chi connectivity index (χ4v) is 3.82. The molecule has 0 spiro atoms. The molecule has 1 heterocycles. The lowest BCUT2D eigenvalue weighted by Crippen LogP contribution is -2.14. The number of rotatable bonds is 4. The third kappa shape index (κ3) is 2.86. The molecular weight excluding hydrogens is 312 g/mol. The summed E-state index contributed by atoms with van der Waals surface area (Å²) >= 11 is 6.68. The molecular formula is C10H7ClN2O4S2. The maximum absolute atomic E-state index is 12.1. The van der Waals surface area contributed by atoms with Crippen molar-refractivity contribution in [1.82, 2.24) is 4.98 Å². The van der Waals surface area contributed by atoms with Crippen molar-refractivity contribution < 1.29 is 18.3 Å². The Morgan fingerprint density at radius 3 is 2.68 bits per heavy atom. The second-order valence-electron chi connectivity index (χ2n) is 3.37. The van der Waals surface area contributed by atoms with Crippen molar-refractivity contribution in [2.24, 2.45) is 0 Å². The molecule has 0 saturated heterocycles. The number of sulfonamides is 1. The second kappa shape index (κ2) is 5.16. The van der Waals surface area contributed by atoms with Gasteiger partial charge in [0.2, 0.25) is 0 Å². The standard InChI is InChI=1S/C10H7ClN2O4S2/c11-6-3-1-2-4-7(6)19(16,17)13-9-8(10(14)15)12-5-18-9/h1-5,13H,(H,14,15). The highest BCUT2D eigenvalue weighted by Crippen LogP contribution is 2.27. The zero-order valence-electron chi connectivity index (χ0n) is 9.20. The number of halogens is 1. The highest BCUT2D eigenvalue weighted by atomic mass is 35.5. The molecule has 0 saturated carbocycles. The van der Waals surface area contributed by atoms with Gasteiger partial charge < -0.3 is 5.11 Å². The zero-order valence-corrected chi connectivity index (χ0v) is 11.6. The van der Waals surface area contributed by atoms with Gasteiger partial charge in [0.15, 0.2) is 5.69 Å². The topological polar surface area (TPSA) is 96.4 Å². The van der Waals surface area contributed by atoms with E-state index in [1.165, 1.54) is 23.7 Å². The van der Waals surface area contributed by atoms with E-state index in [4.69, 9.17) is 16.7 Å². The van der Waals surface area contributed by atoms with Crippen molar-refractivity contribution in [2.75, 3.05) is 4.72 Å². The number of aromatic nitrogens is 1. The number of carboxylic acids is 1. The minimum absolute atomic E-state index is 0.0522. The van der Waals surface area contributed by atoms with Crippen molar-refractivity contribution in [2.45, 2.75) is 4.90 Å². The Kier molecular flexibility index (Phi) is 3.74. The second-order valence-corrected chi connectivity index (χ2v) is 6.28. The number of thiazole rings is 1. The molecule has 19 heavy (non-hydrogen) atoms. The minimum Gasteiger partial charge on any atom is -0.476 e. The summed E-state index contributed by atoms with van der Waals surface area (Å²) in [5.41, 5.74) is 0.897. The van der Waals surface area contributed by atoms with E-state index in [2.05, 4.69) is 9.71 Å². The largest absolute Gasteiger partial charge is 0.476 e. The van der Waals surface area contributed by atoms with Gasteiger partial charge in [0.25, 0.3) is 10.0 Å². The van der Waals surface area contributed by atoms with Crippen LogP contribution < -0.4 is 4.72 Å². The molecule has 2 aromatic rings. The predicted molar refractivity (Wildman–Crippen MR) is 71.3 cm³/mol. The maximum Gasteiger partial charge on any atom is 0.357 e. The van der Waals surface area contributed by atoms with Crippen LogP contribution in [0.1, 0.15) is 10.5 Å². The molecule has 0 aliphatic heterocycles. The van der Waals surface area contributed by atoms with Gasteiger partial charge in [-0.25, -0.2) is 18.2 Å². The van der Waals surface area contributed by atoms with Crippen LogP contribution in [-0.2, 0) is 10.0 Å². The zero-order chi connectivity index (χ0) is 14.0. The first kappa shape index (κ1) is 13.8. The van der Waals surface area contributed by atoms with Gasteiger partial charge in [-0.05, 0) is 12.1 Å². The Balaban J connectivity index is 2.40. The SMILES string of the molecule is O=C(O)c1ncsc1NS(=O)(=O)c1ccccc1Cl. The maximum atomic E-state index is 12.1. The first-order chi connectivity index (χ1) is 8.92. The van der Waals surface area contributed by atoms with Crippen LogP contribution in [-0.4, -0.2) is 24.5 Å². The molecule has 2 rings (SSSR count). The number of aromatic carboxylic acids is 1. The summed E-state index contributed by atoms with van der Waals surface area (Å²) in [4.78, 5) is 14.3. The van der Waals surface area contributed by atoms with Crippen LogP contribution in [0.4, 0.5) is 5.00 Å². The van der Waals surface area contributed by atoms with Gasteiger partial charge in [-0.1, -0.05) is 23.7 Å². The lowest BCUT2D eigenvalue weighted by molar-refractivity contribution is 0.0692. The molecule has 0 bridgehead atoms. The predicted octanol–water partition coefficient (Wildman–Crippen LogP) is 2.30. The van der Waals surface area contributed by atoms with E-state index in [0.29, 0.717) is 0 Å². The number of carbonyl (C=O) groups is 1. The number of benzene rings is 1. The van der Waals surface area contributed by atoms with Gasteiger partial charge in [-0.3, -0.25) is 4.72 Å². The molecule has 0 aliphatic rings. The summed E-state index contributed by atoms with van der Waals surface area (Å²) in [5, 5.41) is 8.85. The number of carboxylic acid groups (broad SMARTS) is 1. The molecule has 0 aliphatic carbocycles. The molecule has 0 amide bonds. The van der Waals surface area contributed by atoms with Crippen molar-refractivity contribution in [3.8, 4) is 0 Å². The molecule has 0 fully saturated rings. The van der Waals surface area contributed by atoms with Gasteiger partial charge in [0.1, 0.15) is 9.90 Å². The number of hydrogen-bond acceptors (Lipinski definition) is 5. The van der Waals surface area contributed by atoms with E-state index in [9.17, 15) is 13.2 Å². The van der Waals surface area contributed by atoms with Crippen molar-refractivity contribution in [1.29, 1.82) is 0 Å². The van der Waals surface area contributed by atoms with Gasteiger partial charge >= 0.3 is 5.97 Å². The monoisotopic (exact) mass is 318 g/mol. The van der Waals surface area contributed by atoms with Crippen LogP contribution in [0.5, 0.6) is 0 Å². The Morgan fingerprint density at radius 2 is 2.05 bits per heavy atom. The molecule has 2 N–H and O–H groups in total. The lowest BCUT2D eigenvalue weighted by atomic mass is 10.4. The molecule has 0 radical (unpaired) electrons. The Labute approximate surface area is 117 Å². The Bertz CT molecular complexity index is 727. The number of anilines is 1. The first-order valence-electron chi connectivity index (χ1n) is 4.86. The molecule has 1 aromatic carbocycles. The molecule has 100 valence electrons. The summed E-state index contributed by atoms with van der Waals surface area (Å²) < 4.78 is 26.3. The Morgan fingerprint density at radius 1 is 1.37 bits per heavy atom. The third-order valence-electron chi connectivity index (χ3n) is 2.12. The molecule has 0 atom stereocenters. The van der Waals surface area contributed by atoms with E-state index in [-0.39, 0.29) is 20.6 Å². The molecule has 6 nitrogen and oxygen atoms in total. The first-order valence-corrected chi connectivity index (χ1v) is 7.60. The molecule has 1 aromatic heterocycles. The fraction of sp³-hybridized carbons (Fsp3) is 0. The van der Waals surface area contributed by atoms with Crippen LogP contribution in [0.25, 0.3) is 0 Å². The van der Waals surface area contributed by atoms with Gasteiger partial charge in [0.05, 0.1) is 10.5 Å². The van der Waals surface area contributed by atoms with E-state index in [1.807, 2.05) is 0 Å². The van der Waals surface area contributed by atoms with Gasteiger partial charge in [-0.15, -0.1) is 11.3 Å². The quantitative estimate of drug-likeness (QED) is 0.901. The average Bonchev–Trinajstić information content (AvgIpc) is 2.76. The van der Waals surface area contributed by atoms with Crippen molar-refractivity contribution >= 4 is 43.9 Å². The average molecular weight is 319 g/mol. The summed E-state index contributed by atoms with van der Waals surface area (Å²) in [7, 11) is -3.94. The molecule has 9 heteroatoms. The van der Waals surface area contributed by atoms with Crippen molar-refractivity contribution in [3.63, 3.8) is 0 Å². The fourth-order valence-electron chi connectivity index (χ4n) is 1.31. The number of nitrogens with one attached hydrogen (secondary N) is 1. The van der Waals surface area contributed by atoms with E-state index < -0.39 is 16.0 Å². The van der Waals surface area contributed by atoms with Crippen molar-refractivity contribution in [3.05, 3.63) is 40.5 Å². The summed E-state index contributed by atoms with van der Waals surface area (Å²) in [5.74, 6) is -1.31. The summed E-state index contributed by atoms with van der Waals surface area (Å²) in [6.07, 6.45) is 0. The molecule has 0 unspecified atom stereocenters. The summed E-state index contributed by atoms with van der Waals surface area (Å²) in [6.45, 7) is 0. The van der Waals surface area contributed by atoms with Crippen LogP contribution in [0, 0.1) is 0 Å². The third-order valence-corrected chi connectivity index (χ3v) is 4.84. The minimum atomic E-state index is -3.94. The van der Waals surface area contributed by atoms with E-state index >= 15 is 0 Å².